The smallest absolute Gasteiger partial charge is 0.291 e. The van der Waals surface area contributed by atoms with Crippen LogP contribution in [0.5, 0.6) is 0 Å². The van der Waals surface area contributed by atoms with E-state index < -0.39 is 15.5 Å². The molecular weight excluding hydrogens is 482 g/mol. The van der Waals surface area contributed by atoms with E-state index >= 15 is 0 Å². The highest BCUT2D eigenvalue weighted by molar-refractivity contribution is 8.42. The molecule has 14 heteroatoms. The van der Waals surface area contributed by atoms with E-state index in [0.29, 0.717) is 26.4 Å². The molecule has 2 fully saturated rings. The van der Waals surface area contributed by atoms with Crippen LogP contribution in [-0.2, 0) is 27.2 Å². The fraction of sp³-hybridized carbons (Fsp3) is 0.857. The molecule has 0 N–H and O–H groups in total. The first-order valence-electron chi connectivity index (χ1n) is 8.90. The van der Waals surface area contributed by atoms with Crippen molar-refractivity contribution < 1.29 is 27.2 Å². The van der Waals surface area contributed by atoms with Crippen molar-refractivity contribution in [3.8, 4) is 0 Å². The first-order valence-corrected chi connectivity index (χ1v) is 15.8. The lowest BCUT2D eigenvalue weighted by atomic mass is 10.9. The topological polar surface area (TPSA) is 95.8 Å². The normalized spacial score (nSPS) is 17.4. The first kappa shape index (κ1) is 27.1. The fourth-order valence-corrected chi connectivity index (χ4v) is 9.66. The summed E-state index contributed by atoms with van der Waals surface area (Å²) in [4.78, 5) is 0. The third kappa shape index (κ3) is 10.9. The van der Waals surface area contributed by atoms with Crippen molar-refractivity contribution in [1.82, 2.24) is 0 Å². The average Bonchev–Trinajstić information content (AvgIpc) is 3.30. The summed E-state index contributed by atoms with van der Waals surface area (Å²) in [5.74, 6) is 4.06. The van der Waals surface area contributed by atoms with Gasteiger partial charge in [-0.3, -0.25) is 18.1 Å². The number of hydrogen-bond donors (Lipinski definition) is 0. The van der Waals surface area contributed by atoms with Crippen molar-refractivity contribution in [1.29, 1.82) is 0 Å². The zero-order chi connectivity index (χ0) is 20.9. The van der Waals surface area contributed by atoms with E-state index in [1.807, 2.05) is 0 Å². The van der Waals surface area contributed by atoms with Gasteiger partial charge in [0.25, 0.3) is 0 Å². The molecule has 2 heterocycles. The molecule has 2 rings (SSSR count). The van der Waals surface area contributed by atoms with Crippen LogP contribution in [0.1, 0.15) is 27.7 Å². The predicted molar refractivity (Wildman–Crippen MR) is 126 cm³/mol. The molecule has 0 aliphatic carbocycles. The van der Waals surface area contributed by atoms with E-state index in [2.05, 4.69) is 9.53 Å². The summed E-state index contributed by atoms with van der Waals surface area (Å²) in [5, 5.41) is 0. The van der Waals surface area contributed by atoms with Gasteiger partial charge in [-0.25, -0.2) is 9.13 Å². The largest absolute Gasteiger partial charge is 0.455 e. The molecule has 2 aliphatic heterocycles. The zero-order valence-corrected chi connectivity index (χ0v) is 21.6. The molecule has 0 atom stereocenters. The SMILES string of the molecule is CCOP(=O)(N=C1SCCS1)OCC.CCOP(=O)(N=C1SCCS1)OCC. The molecule has 0 aromatic carbocycles. The molecule has 28 heavy (non-hydrogen) atoms. The average molecular weight is 511 g/mol. The van der Waals surface area contributed by atoms with Gasteiger partial charge in [-0.15, -0.1) is 0 Å². The second-order valence-electron chi connectivity index (χ2n) is 4.73. The Balaban J connectivity index is 0.000000280. The summed E-state index contributed by atoms with van der Waals surface area (Å²) in [7, 11) is -6.44. The Morgan fingerprint density at radius 3 is 1.11 bits per heavy atom. The van der Waals surface area contributed by atoms with Crippen LogP contribution in [0.2, 0.25) is 0 Å². The third-order valence-corrected chi connectivity index (χ3v) is 11.3. The number of rotatable bonds is 10. The van der Waals surface area contributed by atoms with Crippen LogP contribution in [-0.4, -0.2) is 58.2 Å². The van der Waals surface area contributed by atoms with Crippen LogP contribution in [0.25, 0.3) is 0 Å². The monoisotopic (exact) mass is 510 g/mol. The minimum absolute atomic E-state index is 0.351. The Kier molecular flexibility index (Phi) is 14.4. The number of hydrogen-bond acceptors (Lipinski definition) is 10. The highest BCUT2D eigenvalue weighted by Gasteiger charge is 2.26. The van der Waals surface area contributed by atoms with Crippen molar-refractivity contribution in [2.24, 2.45) is 9.53 Å². The summed E-state index contributed by atoms with van der Waals surface area (Å²) >= 11 is 6.41. The predicted octanol–water partition coefficient (Wildman–Crippen LogP) is 6.01. The van der Waals surface area contributed by atoms with Crippen molar-refractivity contribution in [3.05, 3.63) is 0 Å². The molecule has 0 saturated carbocycles. The summed E-state index contributed by atoms with van der Waals surface area (Å²) in [6, 6.07) is 0. The maximum Gasteiger partial charge on any atom is 0.455 e. The molecular formula is C14H28N2O6P2S4. The van der Waals surface area contributed by atoms with Gasteiger partial charge in [-0.1, -0.05) is 47.0 Å². The lowest BCUT2D eigenvalue weighted by Crippen LogP contribution is -1.94. The molecule has 2 aliphatic rings. The zero-order valence-electron chi connectivity index (χ0n) is 16.5. The summed E-state index contributed by atoms with van der Waals surface area (Å²) in [6.07, 6.45) is 0. The summed E-state index contributed by atoms with van der Waals surface area (Å²) in [6.45, 7) is 8.52. The van der Waals surface area contributed by atoms with Gasteiger partial charge < -0.3 is 0 Å². The lowest BCUT2D eigenvalue weighted by molar-refractivity contribution is 0.220. The highest BCUT2D eigenvalue weighted by Crippen LogP contribution is 2.52. The van der Waals surface area contributed by atoms with E-state index in [4.69, 9.17) is 18.1 Å². The Morgan fingerprint density at radius 2 is 0.893 bits per heavy atom. The number of nitrogens with zero attached hydrogens (tertiary/aromatic N) is 2. The van der Waals surface area contributed by atoms with E-state index in [1.165, 1.54) is 0 Å². The number of thioether (sulfide) groups is 4. The van der Waals surface area contributed by atoms with Crippen LogP contribution in [0, 0.1) is 0 Å². The fourth-order valence-electron chi connectivity index (χ4n) is 1.76. The van der Waals surface area contributed by atoms with Crippen molar-refractivity contribution in [2.45, 2.75) is 27.7 Å². The molecule has 0 amide bonds. The van der Waals surface area contributed by atoms with Crippen LogP contribution in [0.15, 0.2) is 9.53 Å². The molecule has 0 bridgehead atoms. The maximum atomic E-state index is 11.9. The van der Waals surface area contributed by atoms with Gasteiger partial charge in [0.15, 0.2) is 0 Å². The van der Waals surface area contributed by atoms with Crippen molar-refractivity contribution in [2.75, 3.05) is 49.4 Å². The molecule has 0 radical (unpaired) electrons. The quantitative estimate of drug-likeness (QED) is 0.325. The summed E-state index contributed by atoms with van der Waals surface area (Å²) < 4.78 is 53.7. The standard InChI is InChI=1S/2C7H14NO3PS2/c2*1-3-10-12(9,11-4-2)8-7-13-5-6-14-7/h2*3-6H2,1-2H3. The molecule has 8 nitrogen and oxygen atoms in total. The molecule has 0 spiro atoms. The van der Waals surface area contributed by atoms with E-state index in [0.717, 1.165) is 31.8 Å². The van der Waals surface area contributed by atoms with E-state index in [9.17, 15) is 9.13 Å². The molecule has 2 saturated heterocycles. The molecule has 0 unspecified atom stereocenters. The van der Waals surface area contributed by atoms with Crippen LogP contribution < -0.4 is 0 Å². The Hall–Kier alpha value is 1.04. The van der Waals surface area contributed by atoms with Gasteiger partial charge in [0.05, 0.1) is 26.4 Å². The van der Waals surface area contributed by atoms with Crippen LogP contribution >= 0.6 is 62.5 Å². The van der Waals surface area contributed by atoms with Gasteiger partial charge in [0.1, 0.15) is 8.75 Å². The van der Waals surface area contributed by atoms with Gasteiger partial charge in [-0.2, -0.15) is 9.53 Å². The van der Waals surface area contributed by atoms with Gasteiger partial charge in [0.2, 0.25) is 0 Å². The molecule has 0 aromatic heterocycles. The van der Waals surface area contributed by atoms with E-state index in [1.54, 1.807) is 74.7 Å². The Labute approximate surface area is 184 Å². The minimum Gasteiger partial charge on any atom is -0.291 e. The second-order valence-corrected chi connectivity index (χ2v) is 12.9. The van der Waals surface area contributed by atoms with E-state index in [-0.39, 0.29) is 0 Å². The Bertz CT molecular complexity index is 535. The van der Waals surface area contributed by atoms with Gasteiger partial charge in [-0.05, 0) is 27.7 Å². The van der Waals surface area contributed by atoms with Crippen molar-refractivity contribution in [3.63, 3.8) is 0 Å². The Morgan fingerprint density at radius 1 is 0.643 bits per heavy atom. The lowest BCUT2D eigenvalue weighted by Gasteiger charge is -2.11. The molecule has 164 valence electrons. The van der Waals surface area contributed by atoms with Crippen molar-refractivity contribution >= 4 is 71.3 Å². The van der Waals surface area contributed by atoms with Gasteiger partial charge in [0, 0.05) is 23.0 Å². The van der Waals surface area contributed by atoms with Crippen LogP contribution in [0.4, 0.5) is 0 Å². The minimum atomic E-state index is -3.22. The highest BCUT2D eigenvalue weighted by atomic mass is 32.2. The third-order valence-electron chi connectivity index (χ3n) is 2.65. The molecule has 0 aromatic rings. The first-order chi connectivity index (χ1) is 13.4. The maximum absolute atomic E-state index is 11.9. The van der Waals surface area contributed by atoms with Gasteiger partial charge >= 0.3 is 15.5 Å². The van der Waals surface area contributed by atoms with Crippen LogP contribution in [0.3, 0.4) is 0 Å². The second kappa shape index (κ2) is 14.9. The summed E-state index contributed by atoms with van der Waals surface area (Å²) in [5.41, 5.74) is 0.